The van der Waals surface area contributed by atoms with Gasteiger partial charge in [-0.25, -0.2) is 9.79 Å². The minimum absolute atomic E-state index is 0.0255. The third-order valence-corrected chi connectivity index (χ3v) is 6.38. The van der Waals surface area contributed by atoms with Crippen LogP contribution in [0.15, 0.2) is 74.2 Å². The number of halogens is 4. The van der Waals surface area contributed by atoms with Gasteiger partial charge >= 0.3 is 5.97 Å². The minimum atomic E-state index is -0.678. The fourth-order valence-electron chi connectivity index (χ4n) is 3.01. The number of aliphatic imine (C=N–C) groups is 1. The number of carbonyl (C=O) groups is 1. The van der Waals surface area contributed by atoms with E-state index in [-0.39, 0.29) is 27.9 Å². The SMILES string of the molecule is O=C1OC(c2ccc(Cl)c([N+](=O)[O-])c2)=N/C1=C\c1cc(Br)c(OCc2ccc(Cl)cc2)c(Br)c1. The molecule has 0 fully saturated rings. The molecule has 0 bridgehead atoms. The van der Waals surface area contributed by atoms with Crippen LogP contribution in [0.5, 0.6) is 5.75 Å². The van der Waals surface area contributed by atoms with Crippen molar-refractivity contribution in [2.45, 2.75) is 6.61 Å². The van der Waals surface area contributed by atoms with Crippen molar-refractivity contribution < 1.29 is 19.2 Å². The molecule has 1 aliphatic rings. The number of hydrogen-bond acceptors (Lipinski definition) is 6. The summed E-state index contributed by atoms with van der Waals surface area (Å²) >= 11 is 18.7. The molecule has 0 radical (unpaired) electrons. The predicted octanol–water partition coefficient (Wildman–Crippen LogP) is 7.35. The van der Waals surface area contributed by atoms with Gasteiger partial charge in [-0.2, -0.15) is 0 Å². The fourth-order valence-corrected chi connectivity index (χ4v) is 4.78. The Morgan fingerprint density at radius 3 is 2.38 bits per heavy atom. The largest absolute Gasteiger partial charge is 0.487 e. The summed E-state index contributed by atoms with van der Waals surface area (Å²) in [6, 6.07) is 14.9. The zero-order valence-electron chi connectivity index (χ0n) is 16.9. The summed E-state index contributed by atoms with van der Waals surface area (Å²) in [6.45, 7) is 0.335. The average Bonchev–Trinajstić information content (AvgIpc) is 3.14. The summed E-state index contributed by atoms with van der Waals surface area (Å²) in [5, 5.41) is 11.8. The number of carbonyl (C=O) groups excluding carboxylic acids is 1. The summed E-state index contributed by atoms with van der Waals surface area (Å²) < 4.78 is 12.4. The second-order valence-corrected chi connectivity index (χ2v) is 9.54. The van der Waals surface area contributed by atoms with E-state index in [1.807, 2.05) is 12.1 Å². The van der Waals surface area contributed by atoms with Crippen LogP contribution in [0.2, 0.25) is 10.0 Å². The Balaban J connectivity index is 1.57. The highest BCUT2D eigenvalue weighted by molar-refractivity contribution is 9.11. The molecule has 0 N–H and O–H groups in total. The Bertz CT molecular complexity index is 1350. The zero-order valence-corrected chi connectivity index (χ0v) is 21.6. The Labute approximate surface area is 220 Å². The lowest BCUT2D eigenvalue weighted by Gasteiger charge is -2.11. The van der Waals surface area contributed by atoms with Gasteiger partial charge in [0.25, 0.3) is 5.69 Å². The van der Waals surface area contributed by atoms with E-state index in [9.17, 15) is 14.9 Å². The van der Waals surface area contributed by atoms with Gasteiger partial charge in [-0.05, 0) is 85.5 Å². The van der Waals surface area contributed by atoms with Crippen LogP contribution >= 0.6 is 55.1 Å². The quantitative estimate of drug-likeness (QED) is 0.123. The van der Waals surface area contributed by atoms with Gasteiger partial charge in [0.2, 0.25) is 5.90 Å². The Morgan fingerprint density at radius 2 is 1.74 bits per heavy atom. The summed E-state index contributed by atoms with van der Waals surface area (Å²) in [5.41, 5.74) is 1.60. The smallest absolute Gasteiger partial charge is 0.363 e. The molecule has 34 heavy (non-hydrogen) atoms. The van der Waals surface area contributed by atoms with Crippen molar-refractivity contribution in [1.29, 1.82) is 0 Å². The van der Waals surface area contributed by atoms with Crippen LogP contribution in [0.3, 0.4) is 0 Å². The van der Waals surface area contributed by atoms with Crippen LogP contribution in [-0.2, 0) is 16.1 Å². The maximum absolute atomic E-state index is 12.3. The molecule has 1 heterocycles. The van der Waals surface area contributed by atoms with Crippen LogP contribution in [0, 0.1) is 10.1 Å². The molecule has 0 unspecified atom stereocenters. The maximum atomic E-state index is 12.3. The van der Waals surface area contributed by atoms with Crippen molar-refractivity contribution >= 4 is 78.7 Å². The highest BCUT2D eigenvalue weighted by Crippen LogP contribution is 2.36. The molecule has 0 spiro atoms. The van der Waals surface area contributed by atoms with Crippen LogP contribution in [0.4, 0.5) is 5.69 Å². The predicted molar refractivity (Wildman–Crippen MR) is 136 cm³/mol. The number of rotatable bonds is 6. The number of nitro groups is 1. The summed E-state index contributed by atoms with van der Waals surface area (Å²) in [6.07, 6.45) is 1.54. The fraction of sp³-hybridized carbons (Fsp3) is 0.0435. The Morgan fingerprint density at radius 1 is 1.06 bits per heavy atom. The average molecular weight is 627 g/mol. The number of esters is 1. The van der Waals surface area contributed by atoms with Gasteiger partial charge in [0.05, 0.1) is 13.9 Å². The highest BCUT2D eigenvalue weighted by Gasteiger charge is 2.26. The zero-order chi connectivity index (χ0) is 24.4. The summed E-state index contributed by atoms with van der Waals surface area (Å²) in [4.78, 5) is 27.1. The standard InChI is InChI=1S/C23H12Br2Cl2N2O5/c24-16-7-13(8-17(25)21(16)33-11-12-1-4-15(26)5-2-12)9-19-23(30)34-22(28-19)14-3-6-18(27)20(10-14)29(31)32/h1-10H,11H2/b19-9-. The van der Waals surface area contributed by atoms with Gasteiger partial charge in [0, 0.05) is 16.7 Å². The molecule has 4 rings (SSSR count). The molecule has 1 aliphatic heterocycles. The van der Waals surface area contributed by atoms with Crippen LogP contribution in [0.25, 0.3) is 6.08 Å². The van der Waals surface area contributed by atoms with Crippen molar-refractivity contribution in [2.75, 3.05) is 0 Å². The summed E-state index contributed by atoms with van der Waals surface area (Å²) in [7, 11) is 0. The number of ether oxygens (including phenoxy) is 2. The molecule has 7 nitrogen and oxygen atoms in total. The van der Waals surface area contributed by atoms with Crippen molar-refractivity contribution in [3.63, 3.8) is 0 Å². The van der Waals surface area contributed by atoms with E-state index >= 15 is 0 Å². The van der Waals surface area contributed by atoms with Crippen LogP contribution in [-0.4, -0.2) is 16.8 Å². The number of cyclic esters (lactones) is 1. The van der Waals surface area contributed by atoms with E-state index < -0.39 is 10.9 Å². The van der Waals surface area contributed by atoms with Gasteiger partial charge in [0.1, 0.15) is 17.4 Å². The van der Waals surface area contributed by atoms with E-state index in [2.05, 4.69) is 36.9 Å². The minimum Gasteiger partial charge on any atom is -0.487 e. The molecule has 0 aliphatic carbocycles. The van der Waals surface area contributed by atoms with Crippen molar-refractivity contribution in [3.05, 3.63) is 106 Å². The number of benzene rings is 3. The van der Waals surface area contributed by atoms with Crippen molar-refractivity contribution in [3.8, 4) is 5.75 Å². The van der Waals surface area contributed by atoms with E-state index in [1.54, 1.807) is 24.3 Å². The molecule has 0 atom stereocenters. The molecule has 172 valence electrons. The third kappa shape index (κ3) is 5.50. The Kier molecular flexibility index (Phi) is 7.37. The van der Waals surface area contributed by atoms with Gasteiger partial charge in [-0.1, -0.05) is 35.3 Å². The van der Waals surface area contributed by atoms with Crippen molar-refractivity contribution in [2.24, 2.45) is 4.99 Å². The molecule has 0 amide bonds. The van der Waals surface area contributed by atoms with Gasteiger partial charge in [0.15, 0.2) is 5.70 Å². The first kappa shape index (κ1) is 24.4. The first-order valence-corrected chi connectivity index (χ1v) is 11.9. The molecular weight excluding hydrogens is 615 g/mol. The Hall–Kier alpha value is -2.72. The lowest BCUT2D eigenvalue weighted by Crippen LogP contribution is -2.06. The molecule has 3 aromatic rings. The lowest BCUT2D eigenvalue weighted by molar-refractivity contribution is -0.384. The maximum Gasteiger partial charge on any atom is 0.363 e. The van der Waals surface area contributed by atoms with E-state index in [1.165, 1.54) is 24.3 Å². The first-order chi connectivity index (χ1) is 16.2. The topological polar surface area (TPSA) is 91.0 Å². The summed E-state index contributed by atoms with van der Waals surface area (Å²) in [5.74, 6) is -0.135. The number of nitrogens with zero attached hydrogens (tertiary/aromatic N) is 2. The molecule has 3 aromatic carbocycles. The van der Waals surface area contributed by atoms with Crippen LogP contribution < -0.4 is 4.74 Å². The van der Waals surface area contributed by atoms with E-state index in [0.29, 0.717) is 31.9 Å². The van der Waals surface area contributed by atoms with Gasteiger partial charge in [-0.15, -0.1) is 0 Å². The molecule has 0 aromatic heterocycles. The first-order valence-electron chi connectivity index (χ1n) is 9.54. The molecular formula is C23H12Br2Cl2N2O5. The normalized spacial score (nSPS) is 14.2. The second kappa shape index (κ2) is 10.3. The second-order valence-electron chi connectivity index (χ2n) is 6.99. The lowest BCUT2D eigenvalue weighted by atomic mass is 10.2. The van der Waals surface area contributed by atoms with Gasteiger partial charge in [-0.3, -0.25) is 10.1 Å². The molecule has 0 saturated carbocycles. The number of nitro benzene ring substituents is 1. The van der Waals surface area contributed by atoms with Crippen LogP contribution in [0.1, 0.15) is 16.7 Å². The third-order valence-electron chi connectivity index (χ3n) is 4.63. The monoisotopic (exact) mass is 624 g/mol. The highest BCUT2D eigenvalue weighted by atomic mass is 79.9. The van der Waals surface area contributed by atoms with E-state index in [0.717, 1.165) is 5.56 Å². The van der Waals surface area contributed by atoms with Crippen molar-refractivity contribution in [1.82, 2.24) is 0 Å². The molecule has 0 saturated heterocycles. The molecule has 11 heteroatoms. The number of hydrogen-bond donors (Lipinski definition) is 0. The van der Waals surface area contributed by atoms with Gasteiger partial charge < -0.3 is 9.47 Å². The van der Waals surface area contributed by atoms with E-state index in [4.69, 9.17) is 32.7 Å².